The minimum absolute atomic E-state index is 0.0774. The summed E-state index contributed by atoms with van der Waals surface area (Å²) in [6.45, 7) is 9.31. The minimum Gasteiger partial charge on any atom is -0.455 e. The molecule has 2 heterocycles. The van der Waals surface area contributed by atoms with Crippen LogP contribution in [0.15, 0.2) is 180 Å². The minimum atomic E-state index is -0.276. The second-order valence-corrected chi connectivity index (χ2v) is 18.3. The van der Waals surface area contributed by atoms with E-state index in [4.69, 9.17) is 19.4 Å². The third-order valence-corrected chi connectivity index (χ3v) is 14.1. The molecule has 0 radical (unpaired) electrons. The van der Waals surface area contributed by atoms with Gasteiger partial charge in [-0.3, -0.25) is 0 Å². The zero-order valence-corrected chi connectivity index (χ0v) is 35.5. The van der Waals surface area contributed by atoms with Gasteiger partial charge < -0.3 is 4.42 Å². The lowest BCUT2D eigenvalue weighted by atomic mass is 9.81. The van der Waals surface area contributed by atoms with Gasteiger partial charge >= 0.3 is 0 Å². The van der Waals surface area contributed by atoms with Crippen LogP contribution >= 0.6 is 0 Å². The summed E-state index contributed by atoms with van der Waals surface area (Å²) < 4.78 is 6.90. The third-order valence-electron chi connectivity index (χ3n) is 14.1. The molecular weight excluding hydrogens is 767 g/mol. The summed E-state index contributed by atoms with van der Waals surface area (Å²) in [6, 6.07) is 63.2. The second kappa shape index (κ2) is 12.9. The normalized spacial score (nSPS) is 14.3. The highest BCUT2D eigenvalue weighted by molar-refractivity contribution is 6.18. The summed E-state index contributed by atoms with van der Waals surface area (Å²) in [6.07, 6.45) is 0. The topological polar surface area (TPSA) is 51.8 Å². The van der Waals surface area contributed by atoms with Gasteiger partial charge in [-0.05, 0) is 89.8 Å². The van der Waals surface area contributed by atoms with Crippen molar-refractivity contribution in [3.05, 3.63) is 198 Å². The molecule has 0 N–H and O–H groups in total. The van der Waals surface area contributed by atoms with Gasteiger partial charge in [-0.25, -0.2) is 15.0 Å². The monoisotopic (exact) mass is 807 g/mol. The van der Waals surface area contributed by atoms with Crippen LogP contribution in [0.4, 0.5) is 0 Å². The molecule has 2 aromatic heterocycles. The number of hydrogen-bond donors (Lipinski definition) is 0. The van der Waals surface area contributed by atoms with Crippen LogP contribution in [-0.2, 0) is 10.8 Å². The van der Waals surface area contributed by atoms with Gasteiger partial charge in [-0.2, -0.15) is 0 Å². The molecule has 0 unspecified atom stereocenters. The molecular formula is C59H41N3O. The predicted molar refractivity (Wildman–Crippen MR) is 259 cm³/mol. The summed E-state index contributed by atoms with van der Waals surface area (Å²) in [7, 11) is 0. The summed E-state index contributed by atoms with van der Waals surface area (Å²) >= 11 is 0. The molecule has 0 saturated carbocycles. The average molecular weight is 808 g/mol. The molecule has 0 bridgehead atoms. The maximum absolute atomic E-state index is 6.90. The van der Waals surface area contributed by atoms with Crippen molar-refractivity contribution >= 4 is 43.5 Å². The summed E-state index contributed by atoms with van der Waals surface area (Å²) in [5, 5.41) is 6.88. The largest absolute Gasteiger partial charge is 0.455 e. The molecule has 0 saturated heterocycles. The van der Waals surface area contributed by atoms with Crippen LogP contribution in [0, 0.1) is 0 Å². The number of benzene rings is 9. The highest BCUT2D eigenvalue weighted by atomic mass is 16.3. The number of aromatic nitrogens is 3. The van der Waals surface area contributed by atoms with Gasteiger partial charge in [0.1, 0.15) is 11.2 Å². The van der Waals surface area contributed by atoms with E-state index in [-0.39, 0.29) is 10.8 Å². The Morgan fingerprint density at radius 1 is 0.365 bits per heavy atom. The molecule has 13 rings (SSSR count). The zero-order chi connectivity index (χ0) is 42.2. The second-order valence-electron chi connectivity index (χ2n) is 18.3. The summed E-state index contributed by atoms with van der Waals surface area (Å²) in [5.74, 6) is 1.85. The fraction of sp³-hybridized carbons (Fsp3) is 0.102. The first kappa shape index (κ1) is 36.0. The van der Waals surface area contributed by atoms with Gasteiger partial charge in [0.2, 0.25) is 0 Å². The van der Waals surface area contributed by atoms with Gasteiger partial charge in [-0.15, -0.1) is 0 Å². The molecule has 4 nitrogen and oxygen atoms in total. The Bertz CT molecular complexity index is 3740. The van der Waals surface area contributed by atoms with Crippen molar-refractivity contribution in [2.45, 2.75) is 38.5 Å². The lowest BCUT2D eigenvalue weighted by Gasteiger charge is -2.22. The molecule has 0 fully saturated rings. The first-order valence-corrected chi connectivity index (χ1v) is 21.9. The van der Waals surface area contributed by atoms with Crippen LogP contribution in [0.2, 0.25) is 0 Å². The average Bonchev–Trinajstić information content (AvgIpc) is 3.91. The first-order chi connectivity index (χ1) is 30.8. The van der Waals surface area contributed by atoms with Gasteiger partial charge in [0.15, 0.2) is 17.5 Å². The van der Waals surface area contributed by atoms with Crippen molar-refractivity contribution in [1.82, 2.24) is 15.0 Å². The standard InChI is InChI=1S/C59H41N3O/c1-58(2)46-23-13-10-20-41(46)51-39-29-28-35-26-27-36(32-44(35)38(39)30-31-48(51)58)55-60-56(40-19-9-8-18-37(40)34-16-6-5-7-17-34)62-57(61-55)45-33-49-53(42-21-11-14-24-47(42)59(49,3)4)54-52(45)43-22-12-15-25-50(43)63-54/h5-33H,1-4H3. The molecule has 2 aliphatic rings. The van der Waals surface area contributed by atoms with Crippen molar-refractivity contribution < 1.29 is 4.42 Å². The Hall–Kier alpha value is -7.69. The molecule has 0 amide bonds. The lowest BCUT2D eigenvalue weighted by Crippen LogP contribution is -2.15. The Kier molecular flexibility index (Phi) is 7.38. The van der Waals surface area contributed by atoms with Crippen molar-refractivity contribution in [1.29, 1.82) is 0 Å². The molecule has 9 aromatic carbocycles. The lowest BCUT2D eigenvalue weighted by molar-refractivity contribution is 0.653. The van der Waals surface area contributed by atoms with Crippen LogP contribution in [0.3, 0.4) is 0 Å². The molecule has 63 heavy (non-hydrogen) atoms. The van der Waals surface area contributed by atoms with E-state index in [0.717, 1.165) is 55.3 Å². The number of para-hydroxylation sites is 1. The number of nitrogens with zero attached hydrogens (tertiary/aromatic N) is 3. The molecule has 0 atom stereocenters. The van der Waals surface area contributed by atoms with E-state index in [9.17, 15) is 0 Å². The smallest absolute Gasteiger partial charge is 0.164 e. The summed E-state index contributed by atoms with van der Waals surface area (Å²) in [5.41, 5.74) is 16.6. The highest BCUT2D eigenvalue weighted by Gasteiger charge is 2.39. The molecule has 0 aliphatic heterocycles. The molecule has 11 aromatic rings. The van der Waals surface area contributed by atoms with E-state index in [1.165, 1.54) is 60.5 Å². The van der Waals surface area contributed by atoms with Crippen molar-refractivity contribution in [3.8, 4) is 67.5 Å². The van der Waals surface area contributed by atoms with Crippen LogP contribution in [0.25, 0.3) is 111 Å². The quantitative estimate of drug-likeness (QED) is 0.166. The van der Waals surface area contributed by atoms with E-state index >= 15 is 0 Å². The summed E-state index contributed by atoms with van der Waals surface area (Å²) in [4.78, 5) is 16.4. The van der Waals surface area contributed by atoms with Crippen molar-refractivity contribution in [2.24, 2.45) is 0 Å². The fourth-order valence-corrected chi connectivity index (χ4v) is 11.0. The Balaban J connectivity index is 1.09. The SMILES string of the molecule is CC1(C)c2ccccc2-c2c1ccc1c2ccc2ccc(-c3nc(-c4ccccc4-c4ccccc4)nc(-c4cc5c(c6oc7ccccc7c46)-c4ccccc4C5(C)C)n3)cc21. The maximum Gasteiger partial charge on any atom is 0.164 e. The Labute approximate surface area is 365 Å². The van der Waals surface area contributed by atoms with Gasteiger partial charge in [0.25, 0.3) is 0 Å². The van der Waals surface area contributed by atoms with Crippen LogP contribution < -0.4 is 0 Å². The van der Waals surface area contributed by atoms with Gasteiger partial charge in [0, 0.05) is 43.9 Å². The Morgan fingerprint density at radius 3 is 1.73 bits per heavy atom. The first-order valence-electron chi connectivity index (χ1n) is 21.9. The number of fused-ring (bicyclic) bond motifs is 14. The van der Waals surface area contributed by atoms with Crippen molar-refractivity contribution in [2.75, 3.05) is 0 Å². The van der Waals surface area contributed by atoms with E-state index < -0.39 is 0 Å². The fourth-order valence-electron chi connectivity index (χ4n) is 11.0. The van der Waals surface area contributed by atoms with E-state index in [1.807, 2.05) is 6.07 Å². The maximum atomic E-state index is 6.90. The number of hydrogen-bond acceptors (Lipinski definition) is 4. The van der Waals surface area contributed by atoms with Gasteiger partial charge in [-0.1, -0.05) is 185 Å². The number of furan rings is 1. The van der Waals surface area contributed by atoms with E-state index in [2.05, 4.69) is 198 Å². The molecule has 298 valence electrons. The molecule has 2 aliphatic carbocycles. The zero-order valence-electron chi connectivity index (χ0n) is 35.5. The van der Waals surface area contributed by atoms with Crippen molar-refractivity contribution in [3.63, 3.8) is 0 Å². The van der Waals surface area contributed by atoms with Crippen LogP contribution in [0.5, 0.6) is 0 Å². The van der Waals surface area contributed by atoms with E-state index in [1.54, 1.807) is 0 Å². The Morgan fingerprint density at radius 2 is 0.952 bits per heavy atom. The number of rotatable bonds is 4. The predicted octanol–water partition coefficient (Wildman–Crippen LogP) is 15.4. The van der Waals surface area contributed by atoms with Gasteiger partial charge in [0.05, 0.1) is 0 Å². The molecule has 0 spiro atoms. The highest BCUT2D eigenvalue weighted by Crippen LogP contribution is 2.55. The third kappa shape index (κ3) is 5.06. The van der Waals surface area contributed by atoms with Crippen LogP contribution in [0.1, 0.15) is 49.9 Å². The molecule has 4 heteroatoms. The van der Waals surface area contributed by atoms with Crippen LogP contribution in [-0.4, -0.2) is 15.0 Å². The van der Waals surface area contributed by atoms with E-state index in [0.29, 0.717) is 17.5 Å².